The van der Waals surface area contributed by atoms with Gasteiger partial charge in [0.1, 0.15) is 4.83 Å². The minimum Gasteiger partial charge on any atom is -0.338 e. The van der Waals surface area contributed by atoms with E-state index in [1.54, 1.807) is 15.9 Å². The molecule has 3 aromatic heterocycles. The molecule has 3 heterocycles. The minimum atomic E-state index is -0.514. The molecule has 3 aromatic rings. The highest BCUT2D eigenvalue weighted by molar-refractivity contribution is 7.99. The van der Waals surface area contributed by atoms with Crippen molar-refractivity contribution < 1.29 is 9.59 Å². The molecule has 154 valence electrons. The highest BCUT2D eigenvalue weighted by Gasteiger charge is 2.18. The molecule has 0 atom stereocenters. The normalized spacial score (nSPS) is 11.2. The van der Waals surface area contributed by atoms with Gasteiger partial charge in [-0.05, 0) is 24.3 Å². The predicted molar refractivity (Wildman–Crippen MR) is 120 cm³/mol. The zero-order valence-electron chi connectivity index (χ0n) is 16.4. The number of hydrogen-bond acceptors (Lipinski definition) is 7. The van der Waals surface area contributed by atoms with E-state index in [4.69, 9.17) is 0 Å². The average Bonchev–Trinajstić information content (AvgIpc) is 3.34. The molecule has 0 aliphatic carbocycles. The summed E-state index contributed by atoms with van der Waals surface area (Å²) in [7, 11) is 0. The lowest BCUT2D eigenvalue weighted by Crippen LogP contribution is -2.41. The molecular formula is C19H22N4O3S3. The van der Waals surface area contributed by atoms with Crippen molar-refractivity contribution in [2.75, 3.05) is 12.3 Å². The van der Waals surface area contributed by atoms with Gasteiger partial charge < -0.3 is 5.32 Å². The van der Waals surface area contributed by atoms with Gasteiger partial charge in [-0.3, -0.25) is 19.5 Å². The third-order valence-electron chi connectivity index (χ3n) is 4.02. The molecule has 2 N–H and O–H groups in total. The molecule has 0 spiro atoms. The van der Waals surface area contributed by atoms with Gasteiger partial charge in [0.25, 0.3) is 5.56 Å². The molecule has 10 heteroatoms. The van der Waals surface area contributed by atoms with Crippen LogP contribution in [0.1, 0.15) is 20.8 Å². The lowest BCUT2D eigenvalue weighted by atomic mass is 10.2. The summed E-state index contributed by atoms with van der Waals surface area (Å²) in [6.45, 7) is 6.75. The van der Waals surface area contributed by atoms with Crippen molar-refractivity contribution >= 4 is 56.6 Å². The monoisotopic (exact) mass is 450 g/mol. The summed E-state index contributed by atoms with van der Waals surface area (Å²) in [5.41, 5.74) is 0.788. The lowest BCUT2D eigenvalue weighted by molar-refractivity contribution is -0.117. The van der Waals surface area contributed by atoms with Crippen molar-refractivity contribution in [3.63, 3.8) is 0 Å². The van der Waals surface area contributed by atoms with Crippen molar-refractivity contribution in [1.29, 1.82) is 0 Å². The van der Waals surface area contributed by atoms with Crippen molar-refractivity contribution in [1.82, 2.24) is 20.2 Å². The van der Waals surface area contributed by atoms with Crippen LogP contribution in [0.3, 0.4) is 0 Å². The third-order valence-corrected chi connectivity index (χ3v) is 6.77. The summed E-state index contributed by atoms with van der Waals surface area (Å²) in [4.78, 5) is 43.2. The van der Waals surface area contributed by atoms with E-state index in [1.807, 2.05) is 43.7 Å². The molecule has 0 fully saturated rings. The number of carbonyl (C=O) groups excluding carboxylic acids is 2. The SMILES string of the molecule is CCn1c(SCC(=O)NC(=O)NCC(C)C)nc2scc(-c3cccs3)c2c1=O. The highest BCUT2D eigenvalue weighted by Crippen LogP contribution is 2.34. The number of rotatable bonds is 7. The number of thiophene rings is 2. The van der Waals surface area contributed by atoms with E-state index in [0.29, 0.717) is 34.4 Å². The van der Waals surface area contributed by atoms with E-state index in [-0.39, 0.29) is 11.3 Å². The van der Waals surface area contributed by atoms with Crippen LogP contribution in [0.2, 0.25) is 0 Å². The van der Waals surface area contributed by atoms with E-state index >= 15 is 0 Å². The fourth-order valence-corrected chi connectivity index (χ4v) is 5.31. The van der Waals surface area contributed by atoms with E-state index in [2.05, 4.69) is 15.6 Å². The second-order valence-electron chi connectivity index (χ2n) is 6.69. The minimum absolute atomic E-state index is 0.00377. The smallest absolute Gasteiger partial charge is 0.321 e. The van der Waals surface area contributed by atoms with Crippen LogP contribution in [-0.2, 0) is 11.3 Å². The van der Waals surface area contributed by atoms with E-state index in [0.717, 1.165) is 22.2 Å². The quantitative estimate of drug-likeness (QED) is 0.422. The summed E-state index contributed by atoms with van der Waals surface area (Å²) < 4.78 is 1.57. The maximum atomic E-state index is 13.1. The van der Waals surface area contributed by atoms with Gasteiger partial charge in [-0.25, -0.2) is 9.78 Å². The Morgan fingerprint density at radius 1 is 1.31 bits per heavy atom. The first kappa shape index (κ1) is 21.5. The van der Waals surface area contributed by atoms with Gasteiger partial charge in [0.05, 0.1) is 11.1 Å². The number of amides is 3. The maximum absolute atomic E-state index is 13.1. The van der Waals surface area contributed by atoms with Crippen LogP contribution in [0.5, 0.6) is 0 Å². The van der Waals surface area contributed by atoms with Crippen molar-refractivity contribution in [2.45, 2.75) is 32.5 Å². The summed E-state index contributed by atoms with van der Waals surface area (Å²) in [6.07, 6.45) is 0. The van der Waals surface area contributed by atoms with E-state index < -0.39 is 11.9 Å². The predicted octanol–water partition coefficient (Wildman–Crippen LogP) is 3.78. The number of nitrogens with zero attached hydrogens (tertiary/aromatic N) is 2. The van der Waals surface area contributed by atoms with Gasteiger partial charge in [-0.15, -0.1) is 22.7 Å². The number of fused-ring (bicyclic) bond motifs is 1. The van der Waals surface area contributed by atoms with Crippen molar-refractivity contribution in [3.8, 4) is 10.4 Å². The Kier molecular flexibility index (Phi) is 7.09. The Hall–Kier alpha value is -2.17. The molecule has 0 unspecified atom stereocenters. The average molecular weight is 451 g/mol. The summed E-state index contributed by atoms with van der Waals surface area (Å²) in [5, 5.41) is 9.94. The molecule has 0 saturated heterocycles. The first-order valence-electron chi connectivity index (χ1n) is 9.17. The standard InChI is InChI=1S/C19H22N4O3S3/c1-4-23-17(25)15-12(13-6-5-7-27-13)9-28-16(15)22-19(23)29-10-14(24)21-18(26)20-8-11(2)3/h5-7,9,11H,4,8,10H2,1-3H3,(H2,20,21,24,26). The molecule has 3 amide bonds. The molecule has 0 saturated carbocycles. The van der Waals surface area contributed by atoms with E-state index in [1.165, 1.54) is 11.3 Å². The number of urea groups is 1. The highest BCUT2D eigenvalue weighted by atomic mass is 32.2. The third kappa shape index (κ3) is 5.06. The number of nitrogens with one attached hydrogen (secondary N) is 2. The Labute approximate surface area is 180 Å². The van der Waals surface area contributed by atoms with Gasteiger partial charge in [0, 0.05) is 28.9 Å². The van der Waals surface area contributed by atoms with Gasteiger partial charge in [0.2, 0.25) is 5.91 Å². The van der Waals surface area contributed by atoms with Crippen LogP contribution in [-0.4, -0.2) is 33.8 Å². The lowest BCUT2D eigenvalue weighted by Gasteiger charge is -2.11. The molecule has 3 rings (SSSR count). The van der Waals surface area contributed by atoms with Crippen molar-refractivity contribution in [2.24, 2.45) is 5.92 Å². The number of hydrogen-bond donors (Lipinski definition) is 2. The molecular weight excluding hydrogens is 428 g/mol. The van der Waals surface area contributed by atoms with Gasteiger partial charge in [-0.1, -0.05) is 31.7 Å². The Morgan fingerprint density at radius 2 is 2.10 bits per heavy atom. The van der Waals surface area contributed by atoms with Crippen LogP contribution in [0.15, 0.2) is 32.8 Å². The molecule has 7 nitrogen and oxygen atoms in total. The molecule has 0 aliphatic heterocycles. The summed E-state index contributed by atoms with van der Waals surface area (Å²) in [6, 6.07) is 3.42. The second kappa shape index (κ2) is 9.55. The van der Waals surface area contributed by atoms with E-state index in [9.17, 15) is 14.4 Å². The zero-order valence-corrected chi connectivity index (χ0v) is 18.8. The number of aromatic nitrogens is 2. The maximum Gasteiger partial charge on any atom is 0.321 e. The Bertz CT molecular complexity index is 1070. The van der Waals surface area contributed by atoms with Crippen LogP contribution in [0.25, 0.3) is 20.7 Å². The van der Waals surface area contributed by atoms with Gasteiger partial charge >= 0.3 is 6.03 Å². The number of carbonyl (C=O) groups is 2. The zero-order chi connectivity index (χ0) is 21.0. The fourth-order valence-electron chi connectivity index (χ4n) is 2.64. The van der Waals surface area contributed by atoms with Gasteiger partial charge in [0.15, 0.2) is 5.16 Å². The first-order chi connectivity index (χ1) is 13.9. The fraction of sp³-hybridized carbons (Fsp3) is 0.368. The largest absolute Gasteiger partial charge is 0.338 e. The van der Waals surface area contributed by atoms with Crippen LogP contribution >= 0.6 is 34.4 Å². The molecule has 0 aliphatic rings. The van der Waals surface area contributed by atoms with Gasteiger partial charge in [-0.2, -0.15) is 0 Å². The van der Waals surface area contributed by atoms with Crippen LogP contribution in [0.4, 0.5) is 4.79 Å². The molecule has 29 heavy (non-hydrogen) atoms. The Morgan fingerprint density at radius 3 is 2.76 bits per heavy atom. The molecule has 0 radical (unpaired) electrons. The summed E-state index contributed by atoms with van der Waals surface area (Å²) >= 11 is 4.15. The Balaban J connectivity index is 1.77. The molecule has 0 bridgehead atoms. The second-order valence-corrected chi connectivity index (χ2v) is 9.44. The number of imide groups is 1. The first-order valence-corrected chi connectivity index (χ1v) is 11.9. The molecule has 0 aromatic carbocycles. The van der Waals surface area contributed by atoms with Crippen LogP contribution in [0, 0.1) is 5.92 Å². The van der Waals surface area contributed by atoms with Crippen molar-refractivity contribution in [3.05, 3.63) is 33.2 Å². The number of thioether (sulfide) groups is 1. The van der Waals surface area contributed by atoms with Crippen LogP contribution < -0.4 is 16.2 Å². The summed E-state index contributed by atoms with van der Waals surface area (Å²) in [5.74, 6) is -0.139. The topological polar surface area (TPSA) is 93.1 Å².